The maximum atomic E-state index is 10.7. The lowest BCUT2D eigenvalue weighted by atomic mass is 10.2. The molecule has 0 aliphatic heterocycles. The standard InChI is InChI=1S/C14H14N2O5/c1-9-11(16(18)19)4-6-14(15-9)21-12-5-3-10(8-17)7-13(12)20-2/h3-7,17H,8H2,1-2H3. The van der Waals surface area contributed by atoms with E-state index in [4.69, 9.17) is 14.6 Å². The lowest BCUT2D eigenvalue weighted by Crippen LogP contribution is -1.97. The lowest BCUT2D eigenvalue weighted by molar-refractivity contribution is -0.385. The van der Waals surface area contributed by atoms with Crippen molar-refractivity contribution < 1.29 is 19.5 Å². The summed E-state index contributed by atoms with van der Waals surface area (Å²) < 4.78 is 10.8. The van der Waals surface area contributed by atoms with E-state index in [9.17, 15) is 10.1 Å². The van der Waals surface area contributed by atoms with Crippen LogP contribution in [0.4, 0.5) is 5.69 Å². The molecule has 110 valence electrons. The highest BCUT2D eigenvalue weighted by molar-refractivity contribution is 5.45. The number of methoxy groups -OCH3 is 1. The molecule has 2 aromatic rings. The predicted molar refractivity (Wildman–Crippen MR) is 74.6 cm³/mol. The normalized spacial score (nSPS) is 10.2. The van der Waals surface area contributed by atoms with Crippen molar-refractivity contribution in [3.8, 4) is 17.4 Å². The Balaban J connectivity index is 2.30. The molecule has 0 spiro atoms. The molecule has 0 saturated carbocycles. The number of aryl methyl sites for hydroxylation is 1. The van der Waals surface area contributed by atoms with Gasteiger partial charge in [-0.3, -0.25) is 10.1 Å². The van der Waals surface area contributed by atoms with E-state index in [-0.39, 0.29) is 23.9 Å². The number of aliphatic hydroxyl groups excluding tert-OH is 1. The van der Waals surface area contributed by atoms with Crippen LogP contribution < -0.4 is 9.47 Å². The number of benzene rings is 1. The molecule has 0 radical (unpaired) electrons. The van der Waals surface area contributed by atoms with Gasteiger partial charge in [-0.25, -0.2) is 4.98 Å². The highest BCUT2D eigenvalue weighted by atomic mass is 16.6. The Morgan fingerprint density at radius 2 is 2.05 bits per heavy atom. The van der Waals surface area contributed by atoms with E-state index in [1.807, 2.05) is 0 Å². The van der Waals surface area contributed by atoms with Gasteiger partial charge in [0.2, 0.25) is 5.88 Å². The van der Waals surface area contributed by atoms with E-state index < -0.39 is 4.92 Å². The second-order valence-electron chi connectivity index (χ2n) is 4.26. The van der Waals surface area contributed by atoms with Gasteiger partial charge in [0.15, 0.2) is 11.5 Å². The van der Waals surface area contributed by atoms with Crippen molar-refractivity contribution in [3.05, 3.63) is 51.7 Å². The Kier molecular flexibility index (Phi) is 4.34. The van der Waals surface area contributed by atoms with Crippen LogP contribution in [0.1, 0.15) is 11.3 Å². The van der Waals surface area contributed by atoms with Gasteiger partial charge in [0.25, 0.3) is 5.69 Å². The summed E-state index contributed by atoms with van der Waals surface area (Å²) in [5.74, 6) is 1.09. The second-order valence-corrected chi connectivity index (χ2v) is 4.26. The molecule has 0 saturated heterocycles. The molecule has 1 N–H and O–H groups in total. The summed E-state index contributed by atoms with van der Waals surface area (Å²) in [5, 5.41) is 19.8. The zero-order valence-corrected chi connectivity index (χ0v) is 11.6. The van der Waals surface area contributed by atoms with Gasteiger partial charge in [-0.15, -0.1) is 0 Å². The Labute approximate surface area is 120 Å². The molecule has 0 amide bonds. The van der Waals surface area contributed by atoms with Gasteiger partial charge >= 0.3 is 0 Å². The average Bonchev–Trinajstić information content (AvgIpc) is 2.47. The van der Waals surface area contributed by atoms with E-state index in [0.29, 0.717) is 17.1 Å². The minimum atomic E-state index is -0.497. The molecule has 0 unspecified atom stereocenters. The molecule has 0 aliphatic rings. The third-order valence-electron chi connectivity index (χ3n) is 2.85. The van der Waals surface area contributed by atoms with Crippen molar-refractivity contribution in [1.82, 2.24) is 4.98 Å². The minimum absolute atomic E-state index is 0.0649. The van der Waals surface area contributed by atoms with E-state index >= 15 is 0 Å². The van der Waals surface area contributed by atoms with Crippen LogP contribution in [0.3, 0.4) is 0 Å². The first-order chi connectivity index (χ1) is 10.0. The number of pyridine rings is 1. The molecule has 7 heteroatoms. The van der Waals surface area contributed by atoms with Crippen molar-refractivity contribution in [2.45, 2.75) is 13.5 Å². The first-order valence-electron chi connectivity index (χ1n) is 6.13. The minimum Gasteiger partial charge on any atom is -0.493 e. The van der Waals surface area contributed by atoms with E-state index in [0.717, 1.165) is 0 Å². The molecule has 1 aromatic heterocycles. The van der Waals surface area contributed by atoms with Gasteiger partial charge in [0, 0.05) is 12.1 Å². The molecule has 0 fully saturated rings. The second kappa shape index (κ2) is 6.19. The van der Waals surface area contributed by atoms with Crippen molar-refractivity contribution in [2.24, 2.45) is 0 Å². The molecule has 1 heterocycles. The number of hydrogen-bond donors (Lipinski definition) is 1. The molecule has 2 rings (SSSR count). The Hall–Kier alpha value is -2.67. The molecular weight excluding hydrogens is 276 g/mol. The molecule has 21 heavy (non-hydrogen) atoms. The molecule has 0 atom stereocenters. The zero-order valence-electron chi connectivity index (χ0n) is 11.6. The van der Waals surface area contributed by atoms with Crippen LogP contribution in [0.2, 0.25) is 0 Å². The monoisotopic (exact) mass is 290 g/mol. The van der Waals surface area contributed by atoms with Crippen LogP contribution >= 0.6 is 0 Å². The first-order valence-corrected chi connectivity index (χ1v) is 6.13. The number of nitrogens with zero attached hydrogens (tertiary/aromatic N) is 2. The molecule has 7 nitrogen and oxygen atoms in total. The number of aromatic nitrogens is 1. The van der Waals surface area contributed by atoms with Gasteiger partial charge in [0.1, 0.15) is 5.69 Å². The summed E-state index contributed by atoms with van der Waals surface area (Å²) >= 11 is 0. The maximum absolute atomic E-state index is 10.7. The SMILES string of the molecule is COc1cc(CO)ccc1Oc1ccc([N+](=O)[O-])c(C)n1. The van der Waals surface area contributed by atoms with E-state index in [1.165, 1.54) is 26.2 Å². The highest BCUT2D eigenvalue weighted by Crippen LogP contribution is 2.32. The molecule has 1 aromatic carbocycles. The largest absolute Gasteiger partial charge is 0.493 e. The first kappa shape index (κ1) is 14.7. The fourth-order valence-corrected chi connectivity index (χ4v) is 1.79. The summed E-state index contributed by atoms with van der Waals surface area (Å²) in [7, 11) is 1.48. The Morgan fingerprint density at radius 3 is 2.62 bits per heavy atom. The van der Waals surface area contributed by atoms with E-state index in [1.54, 1.807) is 18.2 Å². The van der Waals surface area contributed by atoms with Crippen molar-refractivity contribution in [3.63, 3.8) is 0 Å². The lowest BCUT2D eigenvalue weighted by Gasteiger charge is -2.11. The van der Waals surface area contributed by atoms with Crippen LogP contribution in [-0.2, 0) is 6.61 Å². The van der Waals surface area contributed by atoms with Crippen molar-refractivity contribution >= 4 is 5.69 Å². The topological polar surface area (TPSA) is 94.7 Å². The average molecular weight is 290 g/mol. The Morgan fingerprint density at radius 1 is 1.29 bits per heavy atom. The Bertz CT molecular complexity index is 672. The third-order valence-corrected chi connectivity index (χ3v) is 2.85. The van der Waals surface area contributed by atoms with Crippen LogP contribution in [0.5, 0.6) is 17.4 Å². The highest BCUT2D eigenvalue weighted by Gasteiger charge is 2.14. The maximum Gasteiger partial charge on any atom is 0.290 e. The van der Waals surface area contributed by atoms with Gasteiger partial charge in [-0.2, -0.15) is 0 Å². The van der Waals surface area contributed by atoms with Crippen LogP contribution in [0.25, 0.3) is 0 Å². The summed E-state index contributed by atoms with van der Waals surface area (Å²) in [6, 6.07) is 7.74. The fourth-order valence-electron chi connectivity index (χ4n) is 1.79. The number of hydrogen-bond acceptors (Lipinski definition) is 6. The van der Waals surface area contributed by atoms with E-state index in [2.05, 4.69) is 4.98 Å². The predicted octanol–water partition coefficient (Wildman–Crippen LogP) is 2.59. The van der Waals surface area contributed by atoms with Crippen molar-refractivity contribution in [2.75, 3.05) is 7.11 Å². The van der Waals surface area contributed by atoms with Gasteiger partial charge in [0.05, 0.1) is 18.6 Å². The summed E-state index contributed by atoms with van der Waals surface area (Å²) in [5.41, 5.74) is 0.889. The summed E-state index contributed by atoms with van der Waals surface area (Å²) in [6.45, 7) is 1.43. The van der Waals surface area contributed by atoms with Crippen LogP contribution in [0, 0.1) is 17.0 Å². The molecular formula is C14H14N2O5. The number of aliphatic hydroxyl groups is 1. The van der Waals surface area contributed by atoms with Gasteiger partial charge in [-0.1, -0.05) is 6.07 Å². The third kappa shape index (κ3) is 3.26. The molecule has 0 bridgehead atoms. The van der Waals surface area contributed by atoms with Crippen molar-refractivity contribution in [1.29, 1.82) is 0 Å². The zero-order chi connectivity index (χ0) is 15.4. The van der Waals surface area contributed by atoms with Gasteiger partial charge < -0.3 is 14.6 Å². The van der Waals surface area contributed by atoms with Gasteiger partial charge in [-0.05, 0) is 24.6 Å². The summed E-state index contributed by atoms with van der Waals surface area (Å²) in [4.78, 5) is 14.3. The molecule has 0 aliphatic carbocycles. The number of nitro groups is 1. The number of ether oxygens (including phenoxy) is 2. The fraction of sp³-hybridized carbons (Fsp3) is 0.214. The summed E-state index contributed by atoms with van der Waals surface area (Å²) in [6.07, 6.45) is 0. The number of rotatable bonds is 5. The smallest absolute Gasteiger partial charge is 0.290 e. The van der Waals surface area contributed by atoms with Crippen LogP contribution in [-0.4, -0.2) is 22.1 Å². The quantitative estimate of drug-likeness (QED) is 0.671. The van der Waals surface area contributed by atoms with Crippen LogP contribution in [0.15, 0.2) is 30.3 Å².